The first kappa shape index (κ1) is 20.5. The van der Waals surface area contributed by atoms with Crippen molar-refractivity contribution in [2.24, 2.45) is 5.73 Å². The number of amides is 1. The third kappa shape index (κ3) is 4.45. The lowest BCUT2D eigenvalue weighted by molar-refractivity contribution is 0.1000. The van der Waals surface area contributed by atoms with E-state index in [4.69, 9.17) is 5.73 Å². The van der Waals surface area contributed by atoms with Crippen LogP contribution in [0.2, 0.25) is 0 Å². The molecule has 1 heterocycles. The number of unbranched alkanes of at least 4 members (excludes halogenated alkanes) is 1. The van der Waals surface area contributed by atoms with Crippen LogP contribution in [0.5, 0.6) is 11.5 Å². The van der Waals surface area contributed by atoms with E-state index >= 15 is 0 Å². The molecule has 0 aliphatic carbocycles. The van der Waals surface area contributed by atoms with Crippen LogP contribution in [-0.2, 0) is 19.4 Å². The van der Waals surface area contributed by atoms with Gasteiger partial charge >= 0.3 is 0 Å². The molecule has 2 aromatic carbocycles. The fraction of sp³-hybridized carbons (Fsp3) is 0.292. The Kier molecular flexibility index (Phi) is 6.27. The minimum Gasteiger partial charge on any atom is -0.508 e. The van der Waals surface area contributed by atoms with Crippen molar-refractivity contribution in [2.75, 3.05) is 0 Å². The number of primary amides is 1. The molecule has 3 rings (SSSR count). The van der Waals surface area contributed by atoms with Crippen LogP contribution < -0.4 is 5.73 Å². The summed E-state index contributed by atoms with van der Waals surface area (Å²) in [6.45, 7) is 4.77. The molecule has 0 unspecified atom stereocenters. The first-order valence-electron chi connectivity index (χ1n) is 10.0. The molecule has 0 aliphatic rings. The predicted octanol–water partition coefficient (Wildman–Crippen LogP) is 4.56. The first-order valence-corrected chi connectivity index (χ1v) is 10.0. The van der Waals surface area contributed by atoms with E-state index in [0.29, 0.717) is 12.1 Å². The molecule has 0 radical (unpaired) electrons. The summed E-state index contributed by atoms with van der Waals surface area (Å²) in [5.41, 5.74) is 11.0. The number of carbonyl (C=O) groups is 1. The third-order valence-corrected chi connectivity index (χ3v) is 5.34. The molecular formula is C24H28N2O3. The zero-order chi connectivity index (χ0) is 21.0. The molecule has 152 valence electrons. The number of phenols is 2. The largest absolute Gasteiger partial charge is 0.508 e. The molecule has 4 N–H and O–H groups in total. The van der Waals surface area contributed by atoms with Gasteiger partial charge in [-0.3, -0.25) is 4.79 Å². The van der Waals surface area contributed by atoms with Crippen molar-refractivity contribution >= 4 is 5.91 Å². The summed E-state index contributed by atoms with van der Waals surface area (Å²) in [5.74, 6) is -0.0486. The Bertz CT molecular complexity index is 1000. The lowest BCUT2D eigenvalue weighted by Gasteiger charge is -2.13. The lowest BCUT2D eigenvalue weighted by atomic mass is 9.97. The van der Waals surface area contributed by atoms with Crippen molar-refractivity contribution in [2.45, 2.75) is 46.1 Å². The Morgan fingerprint density at radius 1 is 1.03 bits per heavy atom. The van der Waals surface area contributed by atoms with E-state index in [0.717, 1.165) is 53.8 Å². The van der Waals surface area contributed by atoms with E-state index in [1.807, 2.05) is 25.1 Å². The molecule has 0 bridgehead atoms. The van der Waals surface area contributed by atoms with Gasteiger partial charge < -0.3 is 20.5 Å². The summed E-state index contributed by atoms with van der Waals surface area (Å²) < 4.78 is 2.18. The molecule has 0 saturated carbocycles. The van der Waals surface area contributed by atoms with Crippen molar-refractivity contribution in [3.63, 3.8) is 0 Å². The van der Waals surface area contributed by atoms with Crippen LogP contribution in [0.4, 0.5) is 0 Å². The van der Waals surface area contributed by atoms with Crippen molar-refractivity contribution in [3.05, 3.63) is 71.0 Å². The second kappa shape index (κ2) is 8.86. The number of aryl methyl sites for hydroxylation is 1. The molecule has 0 aliphatic heterocycles. The minimum absolute atomic E-state index is 0.161. The van der Waals surface area contributed by atoms with E-state index in [2.05, 4.69) is 11.5 Å². The van der Waals surface area contributed by atoms with Crippen LogP contribution in [0.3, 0.4) is 0 Å². The quantitative estimate of drug-likeness (QED) is 0.525. The summed E-state index contributed by atoms with van der Waals surface area (Å²) in [5, 5.41) is 19.5. The summed E-state index contributed by atoms with van der Waals surface area (Å²) in [7, 11) is 0. The number of carbonyl (C=O) groups excluding carboxylic acids is 1. The molecule has 1 aromatic heterocycles. The maximum absolute atomic E-state index is 12.4. The molecule has 5 heteroatoms. The standard InChI is InChI=1S/C24H28N2O3/c1-3-4-8-21-23(18-6-5-7-20(28)15-18)22(24(25)29)16(2)26(21)14-13-17-9-11-19(27)12-10-17/h5-7,9-12,15,27-28H,3-4,8,13-14H2,1-2H3,(H2,25,29). The van der Waals surface area contributed by atoms with E-state index in [1.54, 1.807) is 30.3 Å². The zero-order valence-corrected chi connectivity index (χ0v) is 17.0. The highest BCUT2D eigenvalue weighted by atomic mass is 16.3. The number of aromatic hydroxyl groups is 2. The van der Waals surface area contributed by atoms with Gasteiger partial charge in [-0.1, -0.05) is 37.6 Å². The van der Waals surface area contributed by atoms with Gasteiger partial charge in [-0.2, -0.15) is 0 Å². The van der Waals surface area contributed by atoms with Crippen molar-refractivity contribution in [3.8, 4) is 22.6 Å². The highest BCUT2D eigenvalue weighted by Crippen LogP contribution is 2.35. The molecular weight excluding hydrogens is 364 g/mol. The number of hydrogen-bond donors (Lipinski definition) is 3. The number of rotatable bonds is 8. The Morgan fingerprint density at radius 3 is 2.38 bits per heavy atom. The summed E-state index contributed by atoms with van der Waals surface area (Å²) in [6, 6.07) is 14.2. The van der Waals surface area contributed by atoms with Gasteiger partial charge in [0.1, 0.15) is 11.5 Å². The van der Waals surface area contributed by atoms with E-state index in [1.165, 1.54) is 0 Å². The average molecular weight is 392 g/mol. The van der Waals surface area contributed by atoms with Gasteiger partial charge in [0.25, 0.3) is 5.91 Å². The number of hydrogen-bond acceptors (Lipinski definition) is 3. The second-order valence-electron chi connectivity index (χ2n) is 7.37. The fourth-order valence-electron chi connectivity index (χ4n) is 3.88. The number of nitrogens with zero attached hydrogens (tertiary/aromatic N) is 1. The topological polar surface area (TPSA) is 88.5 Å². The normalized spacial score (nSPS) is 11.0. The third-order valence-electron chi connectivity index (χ3n) is 5.34. The van der Waals surface area contributed by atoms with Gasteiger partial charge in [0.2, 0.25) is 0 Å². The molecule has 0 atom stereocenters. The van der Waals surface area contributed by atoms with Crippen LogP contribution >= 0.6 is 0 Å². The van der Waals surface area contributed by atoms with Gasteiger partial charge in [-0.25, -0.2) is 0 Å². The maximum Gasteiger partial charge on any atom is 0.251 e. The van der Waals surface area contributed by atoms with Crippen LogP contribution in [-0.4, -0.2) is 20.7 Å². The highest BCUT2D eigenvalue weighted by Gasteiger charge is 2.24. The van der Waals surface area contributed by atoms with Gasteiger partial charge in [0.05, 0.1) is 5.56 Å². The van der Waals surface area contributed by atoms with Crippen molar-refractivity contribution < 1.29 is 15.0 Å². The van der Waals surface area contributed by atoms with Crippen LogP contribution in [0.15, 0.2) is 48.5 Å². The smallest absolute Gasteiger partial charge is 0.251 e. The van der Waals surface area contributed by atoms with E-state index < -0.39 is 5.91 Å². The Morgan fingerprint density at radius 2 is 1.76 bits per heavy atom. The number of aromatic nitrogens is 1. The Hall–Kier alpha value is -3.21. The highest BCUT2D eigenvalue weighted by molar-refractivity contribution is 6.02. The van der Waals surface area contributed by atoms with Gasteiger partial charge in [-0.05, 0) is 61.6 Å². The van der Waals surface area contributed by atoms with E-state index in [9.17, 15) is 15.0 Å². The first-order chi connectivity index (χ1) is 13.9. The monoisotopic (exact) mass is 392 g/mol. The zero-order valence-electron chi connectivity index (χ0n) is 17.0. The number of benzene rings is 2. The van der Waals surface area contributed by atoms with Gasteiger partial charge in [0, 0.05) is 23.5 Å². The fourth-order valence-corrected chi connectivity index (χ4v) is 3.88. The Balaban J connectivity index is 2.09. The number of phenolic OH excluding ortho intramolecular Hbond substituents is 2. The van der Waals surface area contributed by atoms with Crippen LogP contribution in [0.25, 0.3) is 11.1 Å². The molecule has 0 spiro atoms. The molecule has 5 nitrogen and oxygen atoms in total. The molecule has 1 amide bonds. The summed E-state index contributed by atoms with van der Waals surface area (Å²) >= 11 is 0. The Labute approximate surface area is 171 Å². The molecule has 0 saturated heterocycles. The predicted molar refractivity (Wildman–Crippen MR) is 115 cm³/mol. The SMILES string of the molecule is CCCCc1c(-c2cccc(O)c2)c(C(N)=O)c(C)n1CCc1ccc(O)cc1. The summed E-state index contributed by atoms with van der Waals surface area (Å²) in [6.07, 6.45) is 3.62. The summed E-state index contributed by atoms with van der Waals surface area (Å²) in [4.78, 5) is 12.4. The maximum atomic E-state index is 12.4. The lowest BCUT2D eigenvalue weighted by Crippen LogP contribution is -2.14. The average Bonchev–Trinajstić information content (AvgIpc) is 2.97. The number of nitrogens with two attached hydrogens (primary N) is 1. The van der Waals surface area contributed by atoms with Crippen LogP contribution in [0, 0.1) is 6.92 Å². The van der Waals surface area contributed by atoms with Crippen LogP contribution in [0.1, 0.15) is 47.1 Å². The van der Waals surface area contributed by atoms with E-state index in [-0.39, 0.29) is 11.5 Å². The minimum atomic E-state index is -0.457. The molecule has 0 fully saturated rings. The molecule has 29 heavy (non-hydrogen) atoms. The molecule has 3 aromatic rings. The van der Waals surface area contributed by atoms with Gasteiger partial charge in [-0.15, -0.1) is 0 Å². The second-order valence-corrected chi connectivity index (χ2v) is 7.37. The van der Waals surface area contributed by atoms with Gasteiger partial charge in [0.15, 0.2) is 0 Å². The van der Waals surface area contributed by atoms with Crippen molar-refractivity contribution in [1.82, 2.24) is 4.57 Å². The van der Waals surface area contributed by atoms with Crippen molar-refractivity contribution in [1.29, 1.82) is 0 Å².